The van der Waals surface area contributed by atoms with Gasteiger partial charge in [-0.05, 0) is 0 Å². The topological polar surface area (TPSA) is 76.0 Å². The highest BCUT2D eigenvalue weighted by molar-refractivity contribution is 5.67. The molecule has 0 spiro atoms. The molecular formula is C4H8O5. The molecule has 0 saturated heterocycles. The van der Waals surface area contributed by atoms with Gasteiger partial charge in [-0.3, -0.25) is 5.26 Å². The second-order valence-corrected chi connectivity index (χ2v) is 1.28. The van der Waals surface area contributed by atoms with Crippen LogP contribution in [-0.2, 0) is 14.4 Å². The monoisotopic (exact) mass is 136 g/mol. The Morgan fingerprint density at radius 2 is 2.11 bits per heavy atom. The van der Waals surface area contributed by atoms with Crippen molar-refractivity contribution >= 4 is 5.97 Å². The van der Waals surface area contributed by atoms with E-state index in [-0.39, 0.29) is 19.8 Å². The van der Waals surface area contributed by atoms with Gasteiger partial charge in [0.15, 0.2) is 0 Å². The van der Waals surface area contributed by atoms with Crippen LogP contribution in [0.4, 0.5) is 0 Å². The third-order valence-electron chi connectivity index (χ3n) is 0.544. The number of hydrogen-bond donors (Lipinski definition) is 2. The van der Waals surface area contributed by atoms with Gasteiger partial charge < -0.3 is 9.84 Å². The summed E-state index contributed by atoms with van der Waals surface area (Å²) in [6.45, 7) is -0.278. The molecule has 0 aliphatic carbocycles. The largest absolute Gasteiger partial charge is 0.480 e. The molecule has 54 valence electrons. The summed E-state index contributed by atoms with van der Waals surface area (Å²) >= 11 is 0. The number of carboxylic acid groups (broad SMARTS) is 1. The van der Waals surface area contributed by atoms with Crippen LogP contribution in [0.2, 0.25) is 0 Å². The first-order valence-electron chi connectivity index (χ1n) is 2.33. The molecule has 9 heavy (non-hydrogen) atoms. The molecule has 5 heteroatoms. The van der Waals surface area contributed by atoms with E-state index in [1.165, 1.54) is 0 Å². The van der Waals surface area contributed by atoms with E-state index in [0.717, 1.165) is 0 Å². The van der Waals surface area contributed by atoms with Gasteiger partial charge in [-0.15, -0.1) is 0 Å². The van der Waals surface area contributed by atoms with Crippen LogP contribution < -0.4 is 0 Å². The zero-order valence-corrected chi connectivity index (χ0v) is 4.74. The average Bonchev–Trinajstić information content (AvgIpc) is 1.80. The Morgan fingerprint density at radius 1 is 1.44 bits per heavy atom. The fourth-order valence-corrected chi connectivity index (χ4v) is 0.256. The molecule has 5 nitrogen and oxygen atoms in total. The molecule has 0 aromatic carbocycles. The van der Waals surface area contributed by atoms with E-state index in [9.17, 15) is 4.79 Å². The Bertz CT molecular complexity index is 81.0. The first-order chi connectivity index (χ1) is 4.27. The van der Waals surface area contributed by atoms with Crippen molar-refractivity contribution in [3.8, 4) is 0 Å². The molecule has 0 aliphatic rings. The smallest absolute Gasteiger partial charge is 0.329 e. The Labute approximate surface area is 51.7 Å². The maximum absolute atomic E-state index is 9.73. The average molecular weight is 136 g/mol. The zero-order valence-electron chi connectivity index (χ0n) is 4.74. The van der Waals surface area contributed by atoms with Crippen molar-refractivity contribution in [1.29, 1.82) is 0 Å². The lowest BCUT2D eigenvalue weighted by Crippen LogP contribution is -2.10. The lowest BCUT2D eigenvalue weighted by molar-refractivity contribution is -0.249. The van der Waals surface area contributed by atoms with Crippen LogP contribution >= 0.6 is 0 Å². The van der Waals surface area contributed by atoms with E-state index in [1.54, 1.807) is 0 Å². The van der Waals surface area contributed by atoms with Crippen LogP contribution in [0, 0.1) is 0 Å². The van der Waals surface area contributed by atoms with Gasteiger partial charge in [0.25, 0.3) is 0 Å². The first-order valence-corrected chi connectivity index (χ1v) is 2.33. The van der Waals surface area contributed by atoms with E-state index in [2.05, 4.69) is 9.62 Å². The van der Waals surface area contributed by atoms with Crippen LogP contribution in [0.25, 0.3) is 0 Å². The predicted molar refractivity (Wildman–Crippen MR) is 27.0 cm³/mol. The lowest BCUT2D eigenvalue weighted by Gasteiger charge is -1.96. The summed E-state index contributed by atoms with van der Waals surface area (Å²) in [5.74, 6) is -1.03. The summed E-state index contributed by atoms with van der Waals surface area (Å²) in [6.07, 6.45) is 0. The summed E-state index contributed by atoms with van der Waals surface area (Å²) in [5, 5.41) is 15.7. The SMILES string of the molecule is O=C(O)COCCOO. The zero-order chi connectivity index (χ0) is 7.11. The second-order valence-electron chi connectivity index (χ2n) is 1.28. The standard InChI is InChI=1S/C4H8O5/c5-4(6)3-8-1-2-9-7/h7H,1-3H2,(H,5,6). The molecular weight excluding hydrogens is 128 g/mol. The quantitative estimate of drug-likeness (QED) is 0.305. The van der Waals surface area contributed by atoms with Crippen LogP contribution in [0.5, 0.6) is 0 Å². The van der Waals surface area contributed by atoms with Crippen molar-refractivity contribution in [3.63, 3.8) is 0 Å². The van der Waals surface area contributed by atoms with Crippen molar-refractivity contribution in [2.24, 2.45) is 0 Å². The van der Waals surface area contributed by atoms with E-state index >= 15 is 0 Å². The molecule has 2 N–H and O–H groups in total. The predicted octanol–water partition coefficient (Wildman–Crippen LogP) is -0.423. The van der Waals surface area contributed by atoms with Gasteiger partial charge in [-0.1, -0.05) is 0 Å². The third-order valence-corrected chi connectivity index (χ3v) is 0.544. The van der Waals surface area contributed by atoms with Gasteiger partial charge in [-0.25, -0.2) is 9.68 Å². The molecule has 0 atom stereocenters. The number of hydrogen-bond acceptors (Lipinski definition) is 4. The second kappa shape index (κ2) is 5.49. The Kier molecular flexibility index (Phi) is 5.09. The van der Waals surface area contributed by atoms with E-state index in [4.69, 9.17) is 10.4 Å². The molecule has 0 aromatic rings. The fraction of sp³-hybridized carbons (Fsp3) is 0.750. The lowest BCUT2D eigenvalue weighted by atomic mass is 10.7. The van der Waals surface area contributed by atoms with Crippen LogP contribution in [0.3, 0.4) is 0 Å². The maximum Gasteiger partial charge on any atom is 0.329 e. The molecule has 0 unspecified atom stereocenters. The van der Waals surface area contributed by atoms with E-state index in [0.29, 0.717) is 0 Å². The molecule has 0 fully saturated rings. The summed E-state index contributed by atoms with van der Waals surface area (Å²) in [5.41, 5.74) is 0. The number of aliphatic carboxylic acids is 1. The van der Waals surface area contributed by atoms with E-state index < -0.39 is 5.97 Å². The van der Waals surface area contributed by atoms with Gasteiger partial charge >= 0.3 is 5.97 Å². The van der Waals surface area contributed by atoms with Crippen molar-refractivity contribution in [2.45, 2.75) is 0 Å². The summed E-state index contributed by atoms with van der Waals surface area (Å²) in [7, 11) is 0. The van der Waals surface area contributed by atoms with Crippen molar-refractivity contribution < 1.29 is 24.8 Å². The number of carboxylic acids is 1. The maximum atomic E-state index is 9.73. The highest BCUT2D eigenvalue weighted by Gasteiger charge is 1.94. The molecule has 0 heterocycles. The van der Waals surface area contributed by atoms with Crippen molar-refractivity contribution in [3.05, 3.63) is 0 Å². The number of carbonyl (C=O) groups is 1. The Balaban J connectivity index is 2.83. The van der Waals surface area contributed by atoms with E-state index in [1.807, 2.05) is 0 Å². The minimum Gasteiger partial charge on any atom is -0.480 e. The Morgan fingerprint density at radius 3 is 2.56 bits per heavy atom. The van der Waals surface area contributed by atoms with Gasteiger partial charge in [0.2, 0.25) is 0 Å². The molecule has 0 saturated carbocycles. The first kappa shape index (κ1) is 8.35. The molecule has 0 amide bonds. The number of rotatable bonds is 5. The van der Waals surface area contributed by atoms with Crippen LogP contribution in [0.1, 0.15) is 0 Å². The molecule has 0 radical (unpaired) electrons. The van der Waals surface area contributed by atoms with Gasteiger partial charge in [0.1, 0.15) is 13.2 Å². The summed E-state index contributed by atoms with van der Waals surface area (Å²) in [4.78, 5) is 13.3. The highest BCUT2D eigenvalue weighted by atomic mass is 17.1. The minimum atomic E-state index is -1.03. The Hall–Kier alpha value is -0.650. The fourth-order valence-electron chi connectivity index (χ4n) is 0.256. The minimum absolute atomic E-state index is 0.00667. The molecule has 0 rings (SSSR count). The molecule has 0 aliphatic heterocycles. The van der Waals surface area contributed by atoms with Crippen molar-refractivity contribution in [2.75, 3.05) is 19.8 Å². The van der Waals surface area contributed by atoms with Crippen molar-refractivity contribution in [1.82, 2.24) is 0 Å². The molecule has 0 bridgehead atoms. The van der Waals surface area contributed by atoms with Gasteiger partial charge in [-0.2, -0.15) is 0 Å². The van der Waals surface area contributed by atoms with Gasteiger partial charge in [0, 0.05) is 0 Å². The van der Waals surface area contributed by atoms with Crippen LogP contribution in [0.15, 0.2) is 0 Å². The van der Waals surface area contributed by atoms with Gasteiger partial charge in [0.05, 0.1) is 6.61 Å². The third kappa shape index (κ3) is 7.35. The summed E-state index contributed by atoms with van der Waals surface area (Å²) in [6, 6.07) is 0. The molecule has 0 aromatic heterocycles. The number of ether oxygens (including phenoxy) is 1. The normalized spacial score (nSPS) is 9.44. The highest BCUT2D eigenvalue weighted by Crippen LogP contribution is 1.74. The van der Waals surface area contributed by atoms with Crippen LogP contribution in [-0.4, -0.2) is 36.2 Å². The summed E-state index contributed by atoms with van der Waals surface area (Å²) < 4.78 is 4.45.